The molecule has 0 saturated carbocycles. The average molecular weight is 359 g/mol. The van der Waals surface area contributed by atoms with E-state index >= 15 is 0 Å². The number of amides is 1. The van der Waals surface area contributed by atoms with Gasteiger partial charge in [-0.15, -0.1) is 0 Å². The predicted octanol–water partition coefficient (Wildman–Crippen LogP) is 0.236. The molecule has 0 unspecified atom stereocenters. The molecule has 26 heavy (non-hydrogen) atoms. The average Bonchev–Trinajstić information content (AvgIpc) is 2.66. The smallest absolute Gasteiger partial charge is 0.332 e. The first-order valence-electron chi connectivity index (χ1n) is 9.02. The number of piperidine rings is 1. The number of likely N-dealkylation sites (tertiary alicyclic amines) is 1. The molecule has 1 aliphatic rings. The second-order valence-electron chi connectivity index (χ2n) is 6.86. The summed E-state index contributed by atoms with van der Waals surface area (Å²) in [7, 11) is 2.97. The van der Waals surface area contributed by atoms with Crippen molar-refractivity contribution in [2.24, 2.45) is 14.1 Å². The van der Waals surface area contributed by atoms with E-state index in [4.69, 9.17) is 0 Å². The largest absolute Gasteiger partial charge is 0.348 e. The number of aromatic nitrogens is 3. The van der Waals surface area contributed by atoms with Crippen LogP contribution < -0.4 is 16.6 Å². The number of hydrogen-bond donors (Lipinski definition) is 1. The first-order valence-corrected chi connectivity index (χ1v) is 9.02. The molecule has 1 N–H and O–H groups in total. The number of aryl methyl sites for hydroxylation is 1. The van der Waals surface area contributed by atoms with Crippen LogP contribution in [-0.2, 0) is 14.1 Å². The van der Waals surface area contributed by atoms with Crippen molar-refractivity contribution in [1.82, 2.24) is 24.3 Å². The van der Waals surface area contributed by atoms with Gasteiger partial charge < -0.3 is 10.2 Å². The van der Waals surface area contributed by atoms with Crippen molar-refractivity contribution in [1.29, 1.82) is 0 Å². The van der Waals surface area contributed by atoms with Crippen molar-refractivity contribution in [3.63, 3.8) is 0 Å². The van der Waals surface area contributed by atoms with E-state index in [1.165, 1.54) is 17.7 Å². The number of hydrogen-bond acceptors (Lipinski definition) is 5. The Bertz CT molecular complexity index is 938. The fourth-order valence-electron chi connectivity index (χ4n) is 3.46. The van der Waals surface area contributed by atoms with Gasteiger partial charge in [-0.1, -0.05) is 6.92 Å². The lowest BCUT2D eigenvalue weighted by Gasteiger charge is -2.32. The monoisotopic (exact) mass is 359 g/mol. The molecule has 8 heteroatoms. The first kappa shape index (κ1) is 18.3. The summed E-state index contributed by atoms with van der Waals surface area (Å²) in [5.41, 5.74) is -0.429. The maximum Gasteiger partial charge on any atom is 0.332 e. The molecule has 0 aromatic carbocycles. The van der Waals surface area contributed by atoms with E-state index in [2.05, 4.69) is 22.1 Å². The lowest BCUT2D eigenvalue weighted by Crippen LogP contribution is -2.45. The molecular weight excluding hydrogens is 334 g/mol. The molecular formula is C18H25N5O3. The molecule has 1 aliphatic heterocycles. The van der Waals surface area contributed by atoms with Gasteiger partial charge in [-0.05, 0) is 37.9 Å². The van der Waals surface area contributed by atoms with Gasteiger partial charge in [0.05, 0.1) is 5.39 Å². The minimum atomic E-state index is -0.462. The van der Waals surface area contributed by atoms with Crippen molar-refractivity contribution < 1.29 is 4.79 Å². The maximum absolute atomic E-state index is 12.6. The van der Waals surface area contributed by atoms with E-state index in [9.17, 15) is 14.4 Å². The molecule has 3 heterocycles. The Balaban J connectivity index is 1.79. The lowest BCUT2D eigenvalue weighted by molar-refractivity contribution is 0.0906. The molecule has 1 saturated heterocycles. The molecule has 1 amide bonds. The second kappa shape index (κ2) is 7.41. The molecule has 0 aliphatic carbocycles. The first-order chi connectivity index (χ1) is 12.4. The summed E-state index contributed by atoms with van der Waals surface area (Å²) in [5, 5.41) is 3.34. The van der Waals surface area contributed by atoms with Crippen LogP contribution >= 0.6 is 0 Å². The Kier molecular flexibility index (Phi) is 5.22. The van der Waals surface area contributed by atoms with Crippen LogP contribution in [0.1, 0.15) is 36.7 Å². The van der Waals surface area contributed by atoms with Gasteiger partial charge in [-0.3, -0.25) is 18.7 Å². The predicted molar refractivity (Wildman–Crippen MR) is 99.4 cm³/mol. The van der Waals surface area contributed by atoms with E-state index in [1.807, 2.05) is 0 Å². The number of pyridine rings is 1. The van der Waals surface area contributed by atoms with Gasteiger partial charge in [0.15, 0.2) is 0 Å². The Morgan fingerprint density at radius 1 is 1.19 bits per heavy atom. The molecule has 0 bridgehead atoms. The number of rotatable bonds is 4. The molecule has 8 nitrogen and oxygen atoms in total. The summed E-state index contributed by atoms with van der Waals surface area (Å²) in [6, 6.07) is 3.22. The molecule has 0 radical (unpaired) electrons. The third-order valence-corrected chi connectivity index (χ3v) is 5.00. The molecule has 0 spiro atoms. The third kappa shape index (κ3) is 3.41. The molecule has 2 aromatic rings. The lowest BCUT2D eigenvalue weighted by atomic mass is 10.0. The van der Waals surface area contributed by atoms with Crippen LogP contribution in [0.5, 0.6) is 0 Å². The van der Waals surface area contributed by atoms with E-state index in [-0.39, 0.29) is 23.3 Å². The molecule has 140 valence electrons. The van der Waals surface area contributed by atoms with Crippen LogP contribution in [0.2, 0.25) is 0 Å². The second-order valence-corrected chi connectivity index (χ2v) is 6.86. The Morgan fingerprint density at radius 3 is 2.54 bits per heavy atom. The normalized spacial score (nSPS) is 16.1. The minimum Gasteiger partial charge on any atom is -0.348 e. The Labute approximate surface area is 151 Å². The van der Waals surface area contributed by atoms with Crippen LogP contribution in [0.3, 0.4) is 0 Å². The fourth-order valence-corrected chi connectivity index (χ4v) is 3.46. The highest BCUT2D eigenvalue weighted by Crippen LogP contribution is 2.12. The number of carbonyl (C=O) groups excluding carboxylic acids is 1. The number of nitrogens with one attached hydrogen (secondary N) is 1. The van der Waals surface area contributed by atoms with E-state index < -0.39 is 11.2 Å². The zero-order valence-electron chi connectivity index (χ0n) is 15.5. The van der Waals surface area contributed by atoms with Crippen LogP contribution in [0, 0.1) is 0 Å². The Morgan fingerprint density at radius 2 is 1.88 bits per heavy atom. The highest BCUT2D eigenvalue weighted by Gasteiger charge is 2.21. The fraction of sp³-hybridized carbons (Fsp3) is 0.556. The van der Waals surface area contributed by atoms with Crippen molar-refractivity contribution >= 4 is 16.9 Å². The van der Waals surface area contributed by atoms with Gasteiger partial charge in [0.2, 0.25) is 0 Å². The van der Waals surface area contributed by atoms with Crippen LogP contribution in [0.15, 0.2) is 21.7 Å². The molecule has 1 fully saturated rings. The van der Waals surface area contributed by atoms with Gasteiger partial charge in [-0.2, -0.15) is 0 Å². The van der Waals surface area contributed by atoms with Gasteiger partial charge in [0.1, 0.15) is 11.3 Å². The molecule has 0 atom stereocenters. The van der Waals surface area contributed by atoms with Crippen molar-refractivity contribution in [2.45, 2.75) is 32.2 Å². The summed E-state index contributed by atoms with van der Waals surface area (Å²) in [4.78, 5) is 43.5. The van der Waals surface area contributed by atoms with Crippen LogP contribution in [0.4, 0.5) is 0 Å². The summed E-state index contributed by atoms with van der Waals surface area (Å²) >= 11 is 0. The summed E-state index contributed by atoms with van der Waals surface area (Å²) < 4.78 is 2.32. The van der Waals surface area contributed by atoms with Crippen LogP contribution in [0.25, 0.3) is 11.0 Å². The van der Waals surface area contributed by atoms with E-state index in [0.717, 1.165) is 43.5 Å². The summed E-state index contributed by atoms with van der Waals surface area (Å²) in [6.07, 6.45) is 2.97. The minimum absolute atomic E-state index is 0.126. The van der Waals surface area contributed by atoms with E-state index in [1.54, 1.807) is 13.1 Å². The zero-order valence-corrected chi connectivity index (χ0v) is 15.5. The Hall–Kier alpha value is -2.48. The van der Waals surface area contributed by atoms with Gasteiger partial charge in [0.25, 0.3) is 11.5 Å². The van der Waals surface area contributed by atoms with E-state index in [0.29, 0.717) is 5.39 Å². The quantitative estimate of drug-likeness (QED) is 0.844. The van der Waals surface area contributed by atoms with Crippen molar-refractivity contribution in [3.8, 4) is 0 Å². The van der Waals surface area contributed by atoms with Crippen molar-refractivity contribution in [2.75, 3.05) is 19.6 Å². The highest BCUT2D eigenvalue weighted by atomic mass is 16.2. The van der Waals surface area contributed by atoms with Crippen molar-refractivity contribution in [3.05, 3.63) is 38.7 Å². The maximum atomic E-state index is 12.6. The molecule has 2 aromatic heterocycles. The standard InChI is InChI=1S/C18H25N5O3/c1-4-9-23-10-7-12(8-11-23)19-16(24)14-6-5-13-15(20-14)21(2)18(26)22(3)17(13)25/h5-6,12H,4,7-11H2,1-3H3,(H,19,24). The SMILES string of the molecule is CCCN1CCC(NC(=O)c2ccc3c(=O)n(C)c(=O)n(C)c3n2)CC1. The van der Waals surface area contributed by atoms with Gasteiger partial charge in [-0.25, -0.2) is 9.78 Å². The number of nitrogens with zero attached hydrogens (tertiary/aromatic N) is 4. The zero-order chi connectivity index (χ0) is 18.8. The van der Waals surface area contributed by atoms with Gasteiger partial charge in [0, 0.05) is 33.2 Å². The van der Waals surface area contributed by atoms with Crippen LogP contribution in [-0.4, -0.2) is 50.6 Å². The highest BCUT2D eigenvalue weighted by molar-refractivity contribution is 5.94. The third-order valence-electron chi connectivity index (χ3n) is 5.00. The number of fused-ring (bicyclic) bond motifs is 1. The number of carbonyl (C=O) groups is 1. The molecule has 3 rings (SSSR count). The summed E-state index contributed by atoms with van der Waals surface area (Å²) in [6.45, 7) is 5.22. The summed E-state index contributed by atoms with van der Waals surface area (Å²) in [5.74, 6) is -0.269. The topological polar surface area (TPSA) is 89.2 Å². The van der Waals surface area contributed by atoms with Gasteiger partial charge >= 0.3 is 5.69 Å².